The molecule has 76 valence electrons. The van der Waals surface area contributed by atoms with Gasteiger partial charge in [-0.2, -0.15) is 0 Å². The standard InChI is InChI=1S/C11H21NO/c1-4-7-8-9-10-11(13)12(5-2)6-3/h9-10H,4-8H2,1-3H3/b10-9-. The molecule has 0 rings (SSSR count). The maximum atomic E-state index is 11.4. The van der Waals surface area contributed by atoms with Crippen LogP contribution in [0.3, 0.4) is 0 Å². The smallest absolute Gasteiger partial charge is 0.246 e. The van der Waals surface area contributed by atoms with E-state index in [9.17, 15) is 4.79 Å². The van der Waals surface area contributed by atoms with Gasteiger partial charge in [-0.25, -0.2) is 0 Å². The van der Waals surface area contributed by atoms with Gasteiger partial charge in [0.1, 0.15) is 0 Å². The summed E-state index contributed by atoms with van der Waals surface area (Å²) in [6.07, 6.45) is 7.04. The van der Waals surface area contributed by atoms with E-state index in [2.05, 4.69) is 6.92 Å². The van der Waals surface area contributed by atoms with Crippen LogP contribution in [-0.2, 0) is 4.79 Å². The molecule has 0 N–H and O–H groups in total. The van der Waals surface area contributed by atoms with Gasteiger partial charge in [-0.1, -0.05) is 25.8 Å². The Labute approximate surface area is 81.6 Å². The Morgan fingerprint density at radius 2 is 1.85 bits per heavy atom. The second-order valence-electron chi connectivity index (χ2n) is 3.06. The average molecular weight is 183 g/mol. The number of unbranched alkanes of at least 4 members (excludes halogenated alkanes) is 2. The number of rotatable bonds is 6. The first kappa shape index (κ1) is 12.2. The number of nitrogens with zero attached hydrogens (tertiary/aromatic N) is 1. The van der Waals surface area contributed by atoms with E-state index < -0.39 is 0 Å². The van der Waals surface area contributed by atoms with E-state index in [-0.39, 0.29) is 5.91 Å². The maximum absolute atomic E-state index is 11.4. The molecule has 0 aliphatic heterocycles. The summed E-state index contributed by atoms with van der Waals surface area (Å²) in [7, 11) is 0. The molecule has 0 heterocycles. The fourth-order valence-electron chi connectivity index (χ4n) is 1.15. The van der Waals surface area contributed by atoms with Gasteiger partial charge in [0.05, 0.1) is 0 Å². The SMILES string of the molecule is CCCC/C=C\C(=O)N(CC)CC. The van der Waals surface area contributed by atoms with Gasteiger partial charge in [-0.15, -0.1) is 0 Å². The van der Waals surface area contributed by atoms with Crippen molar-refractivity contribution in [2.45, 2.75) is 40.0 Å². The van der Waals surface area contributed by atoms with Crippen LogP contribution in [0.4, 0.5) is 0 Å². The first-order valence-corrected chi connectivity index (χ1v) is 5.21. The average Bonchev–Trinajstić information content (AvgIpc) is 2.14. The molecule has 0 aliphatic rings. The Kier molecular flexibility index (Phi) is 7.36. The van der Waals surface area contributed by atoms with Crippen molar-refractivity contribution >= 4 is 5.91 Å². The summed E-state index contributed by atoms with van der Waals surface area (Å²) in [6, 6.07) is 0. The molecule has 0 aromatic heterocycles. The molecule has 0 saturated heterocycles. The molecule has 2 nitrogen and oxygen atoms in total. The Morgan fingerprint density at radius 1 is 1.23 bits per heavy atom. The third-order valence-electron chi connectivity index (χ3n) is 2.06. The van der Waals surface area contributed by atoms with Crippen LogP contribution in [0.1, 0.15) is 40.0 Å². The van der Waals surface area contributed by atoms with Gasteiger partial charge in [-0.3, -0.25) is 4.79 Å². The van der Waals surface area contributed by atoms with Gasteiger partial charge in [0, 0.05) is 13.1 Å². The fraction of sp³-hybridized carbons (Fsp3) is 0.727. The van der Waals surface area contributed by atoms with Crippen molar-refractivity contribution in [1.82, 2.24) is 4.90 Å². The summed E-state index contributed by atoms with van der Waals surface area (Å²) in [4.78, 5) is 13.2. The van der Waals surface area contributed by atoms with Crippen LogP contribution in [0, 0.1) is 0 Å². The van der Waals surface area contributed by atoms with Crippen LogP contribution in [0.15, 0.2) is 12.2 Å². The number of allylic oxidation sites excluding steroid dienone is 1. The predicted octanol–water partition coefficient (Wildman–Crippen LogP) is 2.60. The van der Waals surface area contributed by atoms with E-state index in [1.807, 2.05) is 24.8 Å². The molecule has 0 aliphatic carbocycles. The van der Waals surface area contributed by atoms with E-state index in [1.165, 1.54) is 12.8 Å². The number of hydrogen-bond acceptors (Lipinski definition) is 1. The zero-order valence-electron chi connectivity index (χ0n) is 9.05. The monoisotopic (exact) mass is 183 g/mol. The number of carbonyl (C=O) groups is 1. The summed E-state index contributed by atoms with van der Waals surface area (Å²) in [5.41, 5.74) is 0. The summed E-state index contributed by atoms with van der Waals surface area (Å²) < 4.78 is 0. The Balaban J connectivity index is 3.76. The molecule has 0 radical (unpaired) electrons. The highest BCUT2D eigenvalue weighted by atomic mass is 16.2. The molecule has 0 aromatic rings. The molecule has 13 heavy (non-hydrogen) atoms. The second-order valence-corrected chi connectivity index (χ2v) is 3.06. The van der Waals surface area contributed by atoms with Crippen LogP contribution in [0.5, 0.6) is 0 Å². The van der Waals surface area contributed by atoms with Crippen molar-refractivity contribution < 1.29 is 4.79 Å². The van der Waals surface area contributed by atoms with Crippen LogP contribution in [-0.4, -0.2) is 23.9 Å². The minimum absolute atomic E-state index is 0.140. The number of carbonyl (C=O) groups excluding carboxylic acids is 1. The zero-order valence-corrected chi connectivity index (χ0v) is 9.05. The van der Waals surface area contributed by atoms with Crippen molar-refractivity contribution in [3.63, 3.8) is 0 Å². The van der Waals surface area contributed by atoms with Crippen molar-refractivity contribution in [1.29, 1.82) is 0 Å². The van der Waals surface area contributed by atoms with Gasteiger partial charge in [0.2, 0.25) is 5.91 Å². The van der Waals surface area contributed by atoms with E-state index in [0.29, 0.717) is 0 Å². The van der Waals surface area contributed by atoms with Crippen LogP contribution >= 0.6 is 0 Å². The molecule has 1 amide bonds. The van der Waals surface area contributed by atoms with E-state index in [0.717, 1.165) is 19.5 Å². The Morgan fingerprint density at radius 3 is 2.31 bits per heavy atom. The minimum atomic E-state index is 0.140. The van der Waals surface area contributed by atoms with Crippen LogP contribution < -0.4 is 0 Å². The lowest BCUT2D eigenvalue weighted by Crippen LogP contribution is -2.28. The van der Waals surface area contributed by atoms with Gasteiger partial charge >= 0.3 is 0 Å². The third kappa shape index (κ3) is 5.45. The lowest BCUT2D eigenvalue weighted by atomic mass is 10.2. The number of likely N-dealkylation sites (N-methyl/N-ethyl adjacent to an activating group) is 1. The molecule has 0 unspecified atom stereocenters. The van der Waals surface area contributed by atoms with Gasteiger partial charge in [0.25, 0.3) is 0 Å². The second kappa shape index (κ2) is 7.84. The molecular weight excluding hydrogens is 162 g/mol. The zero-order chi connectivity index (χ0) is 10.1. The van der Waals surface area contributed by atoms with Crippen molar-refractivity contribution in [3.05, 3.63) is 12.2 Å². The summed E-state index contributed by atoms with van der Waals surface area (Å²) in [5.74, 6) is 0.140. The Hall–Kier alpha value is -0.790. The van der Waals surface area contributed by atoms with E-state index in [4.69, 9.17) is 0 Å². The normalized spacial score (nSPS) is 10.7. The lowest BCUT2D eigenvalue weighted by molar-refractivity contribution is -0.125. The lowest BCUT2D eigenvalue weighted by Gasteiger charge is -2.15. The summed E-state index contributed by atoms with van der Waals surface area (Å²) >= 11 is 0. The van der Waals surface area contributed by atoms with Crippen molar-refractivity contribution in [3.8, 4) is 0 Å². The van der Waals surface area contributed by atoms with Crippen LogP contribution in [0.2, 0.25) is 0 Å². The van der Waals surface area contributed by atoms with E-state index >= 15 is 0 Å². The molecule has 0 bridgehead atoms. The first-order chi connectivity index (χ1) is 6.26. The van der Waals surface area contributed by atoms with Crippen molar-refractivity contribution in [2.24, 2.45) is 0 Å². The maximum Gasteiger partial charge on any atom is 0.246 e. The molecule has 2 heteroatoms. The largest absolute Gasteiger partial charge is 0.340 e. The van der Waals surface area contributed by atoms with Gasteiger partial charge in [-0.05, 0) is 26.3 Å². The fourth-order valence-corrected chi connectivity index (χ4v) is 1.15. The highest BCUT2D eigenvalue weighted by Gasteiger charge is 2.03. The summed E-state index contributed by atoms with van der Waals surface area (Å²) in [5, 5.41) is 0. The number of hydrogen-bond donors (Lipinski definition) is 0. The van der Waals surface area contributed by atoms with Crippen LogP contribution in [0.25, 0.3) is 0 Å². The summed E-state index contributed by atoms with van der Waals surface area (Å²) in [6.45, 7) is 7.75. The molecule has 0 spiro atoms. The molecule has 0 fully saturated rings. The minimum Gasteiger partial charge on any atom is -0.340 e. The highest BCUT2D eigenvalue weighted by Crippen LogP contribution is 1.96. The number of amides is 1. The molecule has 0 saturated carbocycles. The highest BCUT2D eigenvalue weighted by molar-refractivity contribution is 5.87. The third-order valence-corrected chi connectivity index (χ3v) is 2.06. The van der Waals surface area contributed by atoms with Gasteiger partial charge < -0.3 is 4.90 Å². The molecule has 0 aromatic carbocycles. The van der Waals surface area contributed by atoms with E-state index in [1.54, 1.807) is 6.08 Å². The van der Waals surface area contributed by atoms with Crippen molar-refractivity contribution in [2.75, 3.05) is 13.1 Å². The predicted molar refractivity (Wildman–Crippen MR) is 56.6 cm³/mol. The molecule has 0 atom stereocenters. The van der Waals surface area contributed by atoms with Gasteiger partial charge in [0.15, 0.2) is 0 Å². The topological polar surface area (TPSA) is 20.3 Å². The Bertz CT molecular complexity index is 159. The first-order valence-electron chi connectivity index (χ1n) is 5.21. The molecular formula is C11H21NO. The quantitative estimate of drug-likeness (QED) is 0.458.